The van der Waals surface area contributed by atoms with Crippen molar-refractivity contribution in [2.24, 2.45) is 0 Å². The van der Waals surface area contributed by atoms with Gasteiger partial charge in [-0.3, -0.25) is 0 Å². The van der Waals surface area contributed by atoms with Gasteiger partial charge >= 0.3 is 7.25 Å². The third kappa shape index (κ3) is 3.14. The topological polar surface area (TPSA) is 42.5 Å². The van der Waals surface area contributed by atoms with Crippen molar-refractivity contribution in [3.8, 4) is 11.5 Å². The van der Waals surface area contributed by atoms with Gasteiger partial charge in [0.2, 0.25) is 0 Å². The summed E-state index contributed by atoms with van der Waals surface area (Å²) in [6.45, 7) is 6.53. The Morgan fingerprint density at radius 2 is 1.62 bits per heavy atom. The quantitative estimate of drug-likeness (QED) is 0.669. The van der Waals surface area contributed by atoms with Gasteiger partial charge in [0.1, 0.15) is 11.5 Å². The molecule has 0 atom stereocenters. The minimum atomic E-state index is -0.532. The van der Waals surface area contributed by atoms with Crippen molar-refractivity contribution in [2.45, 2.75) is 26.2 Å². The van der Waals surface area contributed by atoms with E-state index in [2.05, 4.69) is 37.6 Å². The maximum Gasteiger partial charge on any atom is 0.717 e. The molecule has 0 amide bonds. The third-order valence-electron chi connectivity index (χ3n) is 3.39. The van der Waals surface area contributed by atoms with Gasteiger partial charge in [-0.05, 0) is 35.2 Å². The fraction of sp³-hybridized carbons (Fsp3) is 0.250. The van der Waals surface area contributed by atoms with E-state index in [4.69, 9.17) is 9.31 Å². The number of para-hydroxylation sites is 1. The molecule has 2 N–H and O–H groups in total. The maximum atomic E-state index is 5.77. The van der Waals surface area contributed by atoms with Crippen LogP contribution in [-0.2, 0) is 5.41 Å². The van der Waals surface area contributed by atoms with E-state index in [1.165, 1.54) is 5.56 Å². The van der Waals surface area contributed by atoms with Crippen molar-refractivity contribution in [1.29, 1.82) is 0 Å². The van der Waals surface area contributed by atoms with E-state index in [0.717, 1.165) is 17.2 Å². The maximum absolute atomic E-state index is 5.77. The number of nitrogens with one attached hydrogen (secondary N) is 2. The molecule has 108 valence electrons. The fourth-order valence-electron chi connectivity index (χ4n) is 2.14. The number of hydrogen-bond acceptors (Lipinski definition) is 4. The summed E-state index contributed by atoms with van der Waals surface area (Å²) in [5.41, 5.74) is 5.33. The molecule has 0 unspecified atom stereocenters. The van der Waals surface area contributed by atoms with Gasteiger partial charge in [0.05, 0.1) is 0 Å². The standard InChI is InChI=1S/C16H19BN2O2/c1-16(2,3)12-9-10-14-15(11-12)21-17(20-14)19-18-13-7-5-4-6-8-13/h4-11,18-19H,1-3H3. The molecule has 1 aliphatic rings. The lowest BCUT2D eigenvalue weighted by Gasteiger charge is -2.19. The van der Waals surface area contributed by atoms with Crippen LogP contribution >= 0.6 is 0 Å². The van der Waals surface area contributed by atoms with E-state index >= 15 is 0 Å². The van der Waals surface area contributed by atoms with Crippen LogP contribution in [0.4, 0.5) is 5.69 Å². The lowest BCUT2D eigenvalue weighted by molar-refractivity contribution is 0.481. The Morgan fingerprint density at radius 1 is 0.905 bits per heavy atom. The summed E-state index contributed by atoms with van der Waals surface area (Å²) < 4.78 is 11.5. The highest BCUT2D eigenvalue weighted by molar-refractivity contribution is 6.44. The average Bonchev–Trinajstić information content (AvgIpc) is 2.87. The Kier molecular flexibility index (Phi) is 3.51. The van der Waals surface area contributed by atoms with Gasteiger partial charge in [0, 0.05) is 5.69 Å². The molecule has 1 heterocycles. The van der Waals surface area contributed by atoms with Crippen molar-refractivity contribution < 1.29 is 9.31 Å². The van der Waals surface area contributed by atoms with Crippen LogP contribution < -0.4 is 20.1 Å². The Bertz CT molecular complexity index is 626. The molecule has 0 radical (unpaired) electrons. The van der Waals surface area contributed by atoms with E-state index < -0.39 is 7.25 Å². The molecule has 0 aliphatic carbocycles. The van der Waals surface area contributed by atoms with E-state index in [9.17, 15) is 0 Å². The van der Waals surface area contributed by atoms with E-state index in [-0.39, 0.29) is 5.41 Å². The van der Waals surface area contributed by atoms with Crippen LogP contribution in [0.1, 0.15) is 26.3 Å². The molecule has 2 aromatic carbocycles. The fourth-order valence-corrected chi connectivity index (χ4v) is 2.14. The molecule has 0 spiro atoms. The van der Waals surface area contributed by atoms with Crippen molar-refractivity contribution in [2.75, 3.05) is 5.43 Å². The first kappa shape index (κ1) is 13.8. The average molecular weight is 282 g/mol. The van der Waals surface area contributed by atoms with Crippen molar-refractivity contribution >= 4 is 12.9 Å². The first-order chi connectivity index (χ1) is 10.0. The Hall–Kier alpha value is -2.14. The van der Waals surface area contributed by atoms with Crippen LogP contribution in [0.3, 0.4) is 0 Å². The molecule has 3 rings (SSSR count). The van der Waals surface area contributed by atoms with Crippen LogP contribution in [0.15, 0.2) is 48.5 Å². The van der Waals surface area contributed by atoms with Gasteiger partial charge in [0.25, 0.3) is 0 Å². The summed E-state index contributed by atoms with van der Waals surface area (Å²) >= 11 is 0. The number of hydrazine groups is 1. The zero-order valence-electron chi connectivity index (χ0n) is 12.5. The van der Waals surface area contributed by atoms with Crippen molar-refractivity contribution in [1.82, 2.24) is 5.34 Å². The highest BCUT2D eigenvalue weighted by Crippen LogP contribution is 2.36. The number of fused-ring (bicyclic) bond motifs is 1. The van der Waals surface area contributed by atoms with Crippen molar-refractivity contribution in [3.05, 3.63) is 54.1 Å². The Labute approximate surface area is 125 Å². The number of benzene rings is 2. The zero-order valence-corrected chi connectivity index (χ0v) is 12.5. The Morgan fingerprint density at radius 3 is 2.33 bits per heavy atom. The molecule has 0 saturated heterocycles. The van der Waals surface area contributed by atoms with Crippen LogP contribution in [0.5, 0.6) is 11.5 Å². The predicted molar refractivity (Wildman–Crippen MR) is 85.4 cm³/mol. The molecule has 1 aliphatic heterocycles. The lowest BCUT2D eigenvalue weighted by Crippen LogP contribution is -2.45. The minimum absolute atomic E-state index is 0.0895. The van der Waals surface area contributed by atoms with Gasteiger partial charge in [0.15, 0.2) is 0 Å². The third-order valence-corrected chi connectivity index (χ3v) is 3.39. The van der Waals surface area contributed by atoms with E-state index in [1.807, 2.05) is 42.5 Å². The highest BCUT2D eigenvalue weighted by Gasteiger charge is 2.33. The summed E-state index contributed by atoms with van der Waals surface area (Å²) in [7, 11) is -0.532. The second kappa shape index (κ2) is 5.33. The molecule has 4 nitrogen and oxygen atoms in total. The minimum Gasteiger partial charge on any atom is -0.508 e. The monoisotopic (exact) mass is 282 g/mol. The summed E-state index contributed by atoms with van der Waals surface area (Å²) in [6, 6.07) is 15.9. The lowest BCUT2D eigenvalue weighted by atomic mass is 9.87. The second-order valence-electron chi connectivity index (χ2n) is 6.11. The zero-order chi connectivity index (χ0) is 14.9. The molecular weight excluding hydrogens is 263 g/mol. The summed E-state index contributed by atoms with van der Waals surface area (Å²) in [4.78, 5) is 0. The normalized spacial score (nSPS) is 13.4. The smallest absolute Gasteiger partial charge is 0.508 e. The molecule has 0 fully saturated rings. The predicted octanol–water partition coefficient (Wildman–Crippen LogP) is 3.36. The van der Waals surface area contributed by atoms with E-state index in [1.54, 1.807) is 0 Å². The first-order valence-electron chi connectivity index (χ1n) is 7.07. The summed E-state index contributed by atoms with van der Waals surface area (Å²) in [6.07, 6.45) is 0. The largest absolute Gasteiger partial charge is 0.717 e. The Balaban J connectivity index is 1.65. The van der Waals surface area contributed by atoms with Crippen molar-refractivity contribution in [3.63, 3.8) is 0 Å². The summed E-state index contributed by atoms with van der Waals surface area (Å²) in [5.74, 6) is 1.53. The molecular formula is C16H19BN2O2. The molecule has 0 aromatic heterocycles. The molecule has 2 aromatic rings. The number of anilines is 1. The SMILES string of the molecule is CC(C)(C)c1ccc2c(c1)OB(NNc1ccccc1)O2. The first-order valence-corrected chi connectivity index (χ1v) is 7.07. The van der Waals surface area contributed by atoms with Gasteiger partial charge in [-0.2, -0.15) is 5.34 Å². The molecule has 0 saturated carbocycles. The van der Waals surface area contributed by atoms with Gasteiger partial charge in [-0.25, -0.2) is 0 Å². The number of hydrogen-bond donors (Lipinski definition) is 2. The second-order valence-corrected chi connectivity index (χ2v) is 6.11. The highest BCUT2D eigenvalue weighted by atomic mass is 16.6. The molecule has 21 heavy (non-hydrogen) atoms. The van der Waals surface area contributed by atoms with Gasteiger partial charge in [-0.1, -0.05) is 45.0 Å². The summed E-state index contributed by atoms with van der Waals surface area (Å²) in [5, 5.41) is 3.01. The number of rotatable bonds is 3. The van der Waals surface area contributed by atoms with E-state index in [0.29, 0.717) is 0 Å². The van der Waals surface area contributed by atoms with Gasteiger partial charge in [-0.15, -0.1) is 0 Å². The molecule has 0 bridgehead atoms. The van der Waals surface area contributed by atoms with Crippen LogP contribution in [0.25, 0.3) is 0 Å². The van der Waals surface area contributed by atoms with Gasteiger partial charge < -0.3 is 14.7 Å². The van der Waals surface area contributed by atoms with Crippen LogP contribution in [-0.4, -0.2) is 7.25 Å². The van der Waals surface area contributed by atoms with Crippen LogP contribution in [0.2, 0.25) is 0 Å². The molecule has 5 heteroatoms. The van der Waals surface area contributed by atoms with Crippen LogP contribution in [0, 0.1) is 0 Å².